The van der Waals surface area contributed by atoms with Crippen molar-refractivity contribution in [2.45, 2.75) is 6.92 Å². The highest BCUT2D eigenvalue weighted by Crippen LogP contribution is 2.48. The second-order valence-electron chi connectivity index (χ2n) is 6.68. The van der Waals surface area contributed by atoms with E-state index in [1.807, 2.05) is 57.3 Å². The molecule has 33 heavy (non-hydrogen) atoms. The van der Waals surface area contributed by atoms with Crippen LogP contribution in [0.15, 0.2) is 27.4 Å². The third-order valence-electron chi connectivity index (χ3n) is 4.61. The number of hydrogen-bond acceptors (Lipinski definition) is 4. The maximum absolute atomic E-state index is 13.1. The van der Waals surface area contributed by atoms with Gasteiger partial charge in [-0.25, -0.2) is 0 Å². The zero-order valence-electron chi connectivity index (χ0n) is 15.9. The van der Waals surface area contributed by atoms with Gasteiger partial charge in [0.2, 0.25) is 5.43 Å². The molecule has 1 aliphatic heterocycles. The van der Waals surface area contributed by atoms with Crippen molar-refractivity contribution in [3.05, 3.63) is 62.8 Å². The fourth-order valence-corrected chi connectivity index (χ4v) is 8.21. The molecule has 4 nitrogen and oxygen atoms in total. The van der Waals surface area contributed by atoms with Crippen LogP contribution in [0.2, 0.25) is 20.1 Å². The Bertz CT molecular complexity index is 1530. The van der Waals surface area contributed by atoms with E-state index < -0.39 is 5.97 Å². The molecule has 1 aliphatic carbocycles. The van der Waals surface area contributed by atoms with Crippen molar-refractivity contribution in [1.29, 1.82) is 0 Å². The normalized spacial score (nSPS) is 11.4. The van der Waals surface area contributed by atoms with Gasteiger partial charge in [0.1, 0.15) is 7.14 Å². The summed E-state index contributed by atoms with van der Waals surface area (Å²) in [6.07, 6.45) is 0. The lowest BCUT2D eigenvalue weighted by Gasteiger charge is -2.19. The molecule has 0 saturated heterocycles. The molecular weight excluding hydrogens is 966 g/mol. The summed E-state index contributed by atoms with van der Waals surface area (Å²) in [7, 11) is 0. The summed E-state index contributed by atoms with van der Waals surface area (Å²) in [5.74, 6) is 0.335. The Morgan fingerprint density at radius 2 is 1.55 bits per heavy atom. The predicted molar refractivity (Wildman–Crippen MR) is 167 cm³/mol. The Morgan fingerprint density at radius 1 is 0.879 bits per heavy atom. The standard InChI is InChI=1S/C21H6Cl4I4O4/c1-5(30)32-21-10(26)3-6-2-8-11(7-4-9(22)13(24)14(25)12(7)23)15(27)18(31)16(28)20(8)33-19(6)17(21)29/h2-4H,1H3. The van der Waals surface area contributed by atoms with Crippen molar-refractivity contribution >= 4 is 154 Å². The van der Waals surface area contributed by atoms with Crippen LogP contribution < -0.4 is 10.2 Å². The van der Waals surface area contributed by atoms with E-state index in [4.69, 9.17) is 55.6 Å². The monoisotopic (exact) mass is 970 g/mol. The fourth-order valence-electron chi connectivity index (χ4n) is 3.23. The van der Waals surface area contributed by atoms with Crippen molar-refractivity contribution in [3.8, 4) is 28.2 Å². The Kier molecular flexibility index (Phi) is 8.27. The van der Waals surface area contributed by atoms with Crippen LogP contribution >= 0.6 is 137 Å². The van der Waals surface area contributed by atoms with E-state index in [0.717, 1.165) is 8.96 Å². The van der Waals surface area contributed by atoms with Crippen molar-refractivity contribution in [2.75, 3.05) is 0 Å². The number of ether oxygens (including phenoxy) is 1. The van der Waals surface area contributed by atoms with Crippen LogP contribution in [0, 0.1) is 14.3 Å². The zero-order chi connectivity index (χ0) is 24.4. The smallest absolute Gasteiger partial charge is 0.308 e. The van der Waals surface area contributed by atoms with Gasteiger partial charge in [-0.05, 0) is 109 Å². The first kappa shape index (κ1) is 26.7. The van der Waals surface area contributed by atoms with Gasteiger partial charge in [-0.3, -0.25) is 9.59 Å². The third kappa shape index (κ3) is 4.73. The van der Waals surface area contributed by atoms with E-state index in [-0.39, 0.29) is 25.5 Å². The Balaban J connectivity index is 2.18. The number of benzene rings is 3. The van der Waals surface area contributed by atoms with Crippen LogP contribution in [-0.2, 0) is 4.79 Å². The highest BCUT2D eigenvalue weighted by atomic mass is 127. The zero-order valence-corrected chi connectivity index (χ0v) is 27.5. The highest BCUT2D eigenvalue weighted by Gasteiger charge is 2.28. The minimum atomic E-state index is -0.439. The molecule has 0 saturated carbocycles. The number of fused-ring (bicyclic) bond motifs is 2. The molecule has 0 atom stereocenters. The van der Waals surface area contributed by atoms with Crippen LogP contribution in [0.4, 0.5) is 0 Å². The summed E-state index contributed by atoms with van der Waals surface area (Å²) in [4.78, 5) is 24.7. The van der Waals surface area contributed by atoms with Gasteiger partial charge in [-0.2, -0.15) is 0 Å². The average Bonchev–Trinajstić information content (AvgIpc) is 2.76. The maximum Gasteiger partial charge on any atom is 0.308 e. The lowest BCUT2D eigenvalue weighted by atomic mass is 9.95. The molecule has 1 heterocycles. The van der Waals surface area contributed by atoms with Crippen LogP contribution in [0.25, 0.3) is 33.4 Å². The SMILES string of the molecule is CC(=O)Oc1c(I)cc2cc3c(-c4cc(Cl)c(Cl)c(Cl)c4Cl)c(I)c(=O)c(I)c-3oc2c1I. The first-order valence-electron chi connectivity index (χ1n) is 8.72. The first-order chi connectivity index (χ1) is 15.4. The summed E-state index contributed by atoms with van der Waals surface area (Å²) >= 11 is 33.4. The Morgan fingerprint density at radius 3 is 2.18 bits per heavy atom. The van der Waals surface area contributed by atoms with E-state index >= 15 is 0 Å². The van der Waals surface area contributed by atoms with Gasteiger partial charge in [0, 0.05) is 29.0 Å². The molecule has 2 aromatic carbocycles. The summed E-state index contributed by atoms with van der Waals surface area (Å²) in [5.41, 5.74) is 1.93. The molecule has 2 aliphatic rings. The quantitative estimate of drug-likeness (QED) is 0.0502. The molecule has 0 fully saturated rings. The molecular formula is C21H6Cl4I4O4. The first-order valence-corrected chi connectivity index (χ1v) is 14.5. The minimum absolute atomic E-state index is 0.101. The topological polar surface area (TPSA) is 56.5 Å². The minimum Gasteiger partial charge on any atom is -0.454 e. The molecule has 2 aromatic rings. The molecule has 4 rings (SSSR count). The van der Waals surface area contributed by atoms with Crippen molar-refractivity contribution < 1.29 is 13.9 Å². The summed E-state index contributed by atoms with van der Waals surface area (Å²) in [6, 6.07) is 5.34. The summed E-state index contributed by atoms with van der Waals surface area (Å²) in [6.45, 7) is 1.33. The lowest BCUT2D eigenvalue weighted by Crippen LogP contribution is -2.14. The molecule has 170 valence electrons. The molecule has 0 unspecified atom stereocenters. The Hall–Kier alpha value is 0.680. The lowest BCUT2D eigenvalue weighted by molar-refractivity contribution is -0.131. The van der Waals surface area contributed by atoms with Crippen molar-refractivity contribution in [1.82, 2.24) is 0 Å². The predicted octanol–water partition coefficient (Wildman–Crippen LogP) is 9.52. The number of halogens is 8. The van der Waals surface area contributed by atoms with Gasteiger partial charge in [-0.1, -0.05) is 46.4 Å². The van der Waals surface area contributed by atoms with E-state index in [2.05, 4.69) is 45.2 Å². The van der Waals surface area contributed by atoms with E-state index in [1.165, 1.54) is 6.92 Å². The molecule has 0 aromatic heterocycles. The largest absolute Gasteiger partial charge is 0.454 e. The van der Waals surface area contributed by atoms with Crippen molar-refractivity contribution in [2.24, 2.45) is 0 Å². The number of rotatable bonds is 2. The van der Waals surface area contributed by atoms with Gasteiger partial charge in [-0.15, -0.1) is 0 Å². The van der Waals surface area contributed by atoms with Crippen molar-refractivity contribution in [3.63, 3.8) is 0 Å². The van der Waals surface area contributed by atoms with Gasteiger partial charge >= 0.3 is 5.97 Å². The van der Waals surface area contributed by atoms with E-state index in [0.29, 0.717) is 44.5 Å². The number of carbonyl (C=O) groups excluding carboxylic acids is 1. The van der Waals surface area contributed by atoms with E-state index in [9.17, 15) is 9.59 Å². The molecule has 0 spiro atoms. The second-order valence-corrected chi connectivity index (χ2v) is 12.6. The van der Waals surface area contributed by atoms with Gasteiger partial charge in [0.15, 0.2) is 17.1 Å². The van der Waals surface area contributed by atoms with Crippen LogP contribution in [0.5, 0.6) is 5.75 Å². The molecule has 0 amide bonds. The van der Waals surface area contributed by atoms with Crippen LogP contribution in [-0.4, -0.2) is 5.97 Å². The summed E-state index contributed by atoms with van der Waals surface area (Å²) < 4.78 is 13.8. The molecule has 0 N–H and O–H groups in total. The molecule has 12 heteroatoms. The van der Waals surface area contributed by atoms with Gasteiger partial charge < -0.3 is 9.15 Å². The summed E-state index contributed by atoms with van der Waals surface area (Å²) in [5, 5.41) is 1.38. The van der Waals surface area contributed by atoms with E-state index in [1.54, 1.807) is 6.07 Å². The third-order valence-corrected chi connectivity index (χ3v) is 10.2. The highest BCUT2D eigenvalue weighted by molar-refractivity contribution is 14.1. The Labute approximate surface area is 261 Å². The van der Waals surface area contributed by atoms with Crippen LogP contribution in [0.1, 0.15) is 6.92 Å². The van der Waals surface area contributed by atoms with Crippen LogP contribution in [0.3, 0.4) is 0 Å². The fraction of sp³-hybridized carbons (Fsp3) is 0.0476. The second kappa shape index (κ2) is 10.2. The molecule has 0 radical (unpaired) electrons. The van der Waals surface area contributed by atoms with Gasteiger partial charge in [0.25, 0.3) is 0 Å². The molecule has 0 bridgehead atoms. The average molecular weight is 972 g/mol. The maximum atomic E-state index is 13.1. The van der Waals surface area contributed by atoms with Gasteiger partial charge in [0.05, 0.1) is 27.2 Å². The number of hydrogen-bond donors (Lipinski definition) is 0. The number of carbonyl (C=O) groups is 1. The number of esters is 1.